The van der Waals surface area contributed by atoms with E-state index in [4.69, 9.17) is 9.47 Å². The van der Waals surface area contributed by atoms with Crippen molar-refractivity contribution in [3.63, 3.8) is 0 Å². The molecule has 1 aromatic heterocycles. The maximum Gasteiger partial charge on any atom is 0.187 e. The van der Waals surface area contributed by atoms with Gasteiger partial charge in [-0.05, 0) is 84.5 Å². The first kappa shape index (κ1) is 24.3. The lowest BCUT2D eigenvalue weighted by Crippen LogP contribution is -2.52. The second kappa shape index (κ2) is 10.4. The molecule has 0 unspecified atom stereocenters. The molecule has 0 bridgehead atoms. The molecule has 2 aliphatic heterocycles. The number of carbonyl (C=O) groups is 1. The summed E-state index contributed by atoms with van der Waals surface area (Å²) >= 11 is 0. The molecule has 0 saturated carbocycles. The molecule has 2 saturated heterocycles. The van der Waals surface area contributed by atoms with Gasteiger partial charge >= 0.3 is 0 Å². The standard InChI is InChI=1S/C23H36N2O3.H2S/c1-18(2)27-16-14-25-12-8-19(9-13-25)23(10-15-28-22(3,4)17-23)21(26)20-7-5-6-11-24-20;/h5-7,11,18-19H,8-10,12-17H2,1-4H3;1H2/t23-;/m0./s1. The third kappa shape index (κ3) is 6.03. The summed E-state index contributed by atoms with van der Waals surface area (Å²) in [6.45, 7) is 12.8. The van der Waals surface area contributed by atoms with Crippen LogP contribution in [-0.4, -0.2) is 60.2 Å². The molecule has 0 spiro atoms. The maximum atomic E-state index is 13.7. The molecular weight excluding hydrogens is 384 g/mol. The van der Waals surface area contributed by atoms with Gasteiger partial charge in [0.2, 0.25) is 0 Å². The lowest BCUT2D eigenvalue weighted by atomic mass is 9.60. The Morgan fingerprint density at radius 2 is 2.03 bits per heavy atom. The first-order chi connectivity index (χ1) is 13.3. The summed E-state index contributed by atoms with van der Waals surface area (Å²) in [5.74, 6) is 0.596. The van der Waals surface area contributed by atoms with Crippen LogP contribution < -0.4 is 0 Å². The van der Waals surface area contributed by atoms with Gasteiger partial charge in [0.05, 0.1) is 18.3 Å². The minimum absolute atomic E-state index is 0. The molecule has 3 rings (SSSR count). The summed E-state index contributed by atoms with van der Waals surface area (Å²) in [5, 5.41) is 0. The largest absolute Gasteiger partial charge is 0.377 e. The molecule has 0 N–H and O–H groups in total. The Kier molecular flexibility index (Phi) is 8.71. The lowest BCUT2D eigenvalue weighted by molar-refractivity contribution is -0.114. The molecule has 1 aromatic rings. The molecule has 1 atom stereocenters. The molecule has 0 aliphatic carbocycles. The number of nitrogens with zero attached hydrogens (tertiary/aromatic N) is 2. The molecule has 0 amide bonds. The number of hydrogen-bond acceptors (Lipinski definition) is 5. The van der Waals surface area contributed by atoms with Crippen molar-refractivity contribution >= 4 is 19.3 Å². The molecule has 5 nitrogen and oxygen atoms in total. The number of rotatable bonds is 7. The van der Waals surface area contributed by atoms with Gasteiger partial charge in [0.25, 0.3) is 0 Å². The minimum Gasteiger partial charge on any atom is -0.377 e. The SMILES string of the molecule is CC(C)OCCN1CCC([C@]2(C(=O)c3ccccn3)CCOC(C)(C)C2)CC1.S. The fourth-order valence-corrected chi connectivity index (χ4v) is 5.02. The van der Waals surface area contributed by atoms with Crippen LogP contribution in [0.4, 0.5) is 0 Å². The Morgan fingerprint density at radius 1 is 1.31 bits per heavy atom. The van der Waals surface area contributed by atoms with E-state index < -0.39 is 0 Å². The number of ketones is 1. The monoisotopic (exact) mass is 422 g/mol. The van der Waals surface area contributed by atoms with Crippen molar-refractivity contribution in [2.75, 3.05) is 32.8 Å². The number of Topliss-reactive ketones (excluding diaryl/α,β-unsaturated/α-hetero) is 1. The van der Waals surface area contributed by atoms with Crippen molar-refractivity contribution in [1.29, 1.82) is 0 Å². The average molecular weight is 423 g/mol. The molecule has 0 radical (unpaired) electrons. The van der Waals surface area contributed by atoms with E-state index in [2.05, 4.69) is 37.6 Å². The third-order valence-corrected chi connectivity index (χ3v) is 6.36. The van der Waals surface area contributed by atoms with Crippen LogP contribution in [0.15, 0.2) is 24.4 Å². The summed E-state index contributed by atoms with van der Waals surface area (Å²) in [6, 6.07) is 5.65. The number of pyridine rings is 1. The van der Waals surface area contributed by atoms with Gasteiger partial charge in [-0.25, -0.2) is 0 Å². The molecule has 164 valence electrons. The van der Waals surface area contributed by atoms with Crippen LogP contribution in [0.1, 0.15) is 63.9 Å². The molecule has 0 aromatic carbocycles. The van der Waals surface area contributed by atoms with Crippen molar-refractivity contribution in [1.82, 2.24) is 9.88 Å². The van der Waals surface area contributed by atoms with Gasteiger partial charge in [-0.2, -0.15) is 13.5 Å². The van der Waals surface area contributed by atoms with Crippen LogP contribution in [-0.2, 0) is 9.47 Å². The van der Waals surface area contributed by atoms with E-state index in [9.17, 15) is 4.79 Å². The number of ether oxygens (including phenoxy) is 2. The van der Waals surface area contributed by atoms with Crippen molar-refractivity contribution in [2.24, 2.45) is 11.3 Å². The lowest BCUT2D eigenvalue weighted by Gasteiger charge is -2.50. The van der Waals surface area contributed by atoms with Crippen molar-refractivity contribution in [3.05, 3.63) is 30.1 Å². The van der Waals surface area contributed by atoms with E-state index in [-0.39, 0.29) is 36.4 Å². The Hall–Kier alpha value is -0.950. The Labute approximate surface area is 183 Å². The summed E-state index contributed by atoms with van der Waals surface area (Å²) < 4.78 is 11.7. The van der Waals surface area contributed by atoms with Gasteiger partial charge in [-0.1, -0.05) is 6.07 Å². The quantitative estimate of drug-likeness (QED) is 0.620. The first-order valence-electron chi connectivity index (χ1n) is 10.8. The highest BCUT2D eigenvalue weighted by Gasteiger charge is 2.52. The van der Waals surface area contributed by atoms with Gasteiger partial charge in [-0.3, -0.25) is 9.78 Å². The molecule has 2 aliphatic rings. The van der Waals surface area contributed by atoms with Gasteiger partial charge in [0.15, 0.2) is 5.78 Å². The predicted octanol–water partition coefficient (Wildman–Crippen LogP) is 4.09. The highest BCUT2D eigenvalue weighted by molar-refractivity contribution is 7.59. The summed E-state index contributed by atoms with van der Waals surface area (Å²) in [5.41, 5.74) is -0.0328. The van der Waals surface area contributed by atoms with Crippen LogP contribution in [0.25, 0.3) is 0 Å². The van der Waals surface area contributed by atoms with Crippen LogP contribution in [0.5, 0.6) is 0 Å². The average Bonchev–Trinajstić information content (AvgIpc) is 2.67. The highest BCUT2D eigenvalue weighted by Crippen LogP contribution is 2.49. The van der Waals surface area contributed by atoms with E-state index in [1.807, 2.05) is 18.2 Å². The zero-order chi connectivity index (χ0) is 20.2. The van der Waals surface area contributed by atoms with E-state index in [1.54, 1.807) is 6.20 Å². The topological polar surface area (TPSA) is 51.7 Å². The van der Waals surface area contributed by atoms with E-state index in [0.29, 0.717) is 18.2 Å². The third-order valence-electron chi connectivity index (χ3n) is 6.36. The maximum absolute atomic E-state index is 13.7. The van der Waals surface area contributed by atoms with Gasteiger partial charge in [0.1, 0.15) is 5.69 Å². The summed E-state index contributed by atoms with van der Waals surface area (Å²) in [4.78, 5) is 20.6. The molecule has 6 heteroatoms. The van der Waals surface area contributed by atoms with Crippen molar-refractivity contribution < 1.29 is 14.3 Å². The highest BCUT2D eigenvalue weighted by atomic mass is 32.1. The zero-order valence-electron chi connectivity index (χ0n) is 18.4. The van der Waals surface area contributed by atoms with E-state index in [1.165, 1.54) is 0 Å². The second-order valence-corrected chi connectivity index (χ2v) is 9.27. The van der Waals surface area contributed by atoms with Gasteiger partial charge in [0, 0.05) is 24.8 Å². The van der Waals surface area contributed by atoms with Crippen LogP contribution in [0.2, 0.25) is 0 Å². The van der Waals surface area contributed by atoms with E-state index >= 15 is 0 Å². The Bertz CT molecular complexity index is 645. The van der Waals surface area contributed by atoms with Crippen LogP contribution in [0, 0.1) is 11.3 Å². The fraction of sp³-hybridized carbons (Fsp3) is 0.739. The molecule has 2 fully saturated rings. The van der Waals surface area contributed by atoms with Gasteiger partial charge < -0.3 is 14.4 Å². The van der Waals surface area contributed by atoms with Crippen LogP contribution >= 0.6 is 13.5 Å². The smallest absolute Gasteiger partial charge is 0.187 e. The van der Waals surface area contributed by atoms with Crippen molar-refractivity contribution in [3.8, 4) is 0 Å². The minimum atomic E-state index is -0.364. The number of likely N-dealkylation sites (tertiary alicyclic amines) is 1. The predicted molar refractivity (Wildman–Crippen MR) is 121 cm³/mol. The normalized spacial score (nSPS) is 25.6. The summed E-state index contributed by atoms with van der Waals surface area (Å²) in [7, 11) is 0. The number of piperidine rings is 1. The first-order valence-corrected chi connectivity index (χ1v) is 10.8. The van der Waals surface area contributed by atoms with Gasteiger partial charge in [-0.15, -0.1) is 0 Å². The zero-order valence-corrected chi connectivity index (χ0v) is 19.4. The molecular formula is C23H38N2O3S. The fourth-order valence-electron chi connectivity index (χ4n) is 5.02. The second-order valence-electron chi connectivity index (χ2n) is 9.27. The van der Waals surface area contributed by atoms with Crippen LogP contribution in [0.3, 0.4) is 0 Å². The number of aromatic nitrogens is 1. The molecule has 29 heavy (non-hydrogen) atoms. The van der Waals surface area contributed by atoms with E-state index in [0.717, 1.165) is 51.9 Å². The summed E-state index contributed by atoms with van der Waals surface area (Å²) in [6.07, 6.45) is 5.68. The van der Waals surface area contributed by atoms with Crippen molar-refractivity contribution in [2.45, 2.75) is 65.1 Å². The molecule has 3 heterocycles. The Morgan fingerprint density at radius 3 is 2.62 bits per heavy atom. The Balaban J connectivity index is 0.00000300. The number of carbonyl (C=O) groups excluding carboxylic acids is 1. The number of hydrogen-bond donors (Lipinski definition) is 0.